The summed E-state index contributed by atoms with van der Waals surface area (Å²) in [7, 11) is 3.92. The van der Waals surface area contributed by atoms with Crippen molar-refractivity contribution in [3.63, 3.8) is 0 Å². The third-order valence-corrected chi connectivity index (χ3v) is 2.53. The number of hydrogen-bond acceptors (Lipinski definition) is 4. The van der Waals surface area contributed by atoms with Gasteiger partial charge in [-0.3, -0.25) is 10.2 Å². The van der Waals surface area contributed by atoms with E-state index in [1.807, 2.05) is 43.3 Å². The molecule has 0 aliphatic rings. The summed E-state index contributed by atoms with van der Waals surface area (Å²) in [6, 6.07) is 7.58. The molecule has 7 heteroatoms. The van der Waals surface area contributed by atoms with Crippen molar-refractivity contribution in [3.8, 4) is 0 Å². The summed E-state index contributed by atoms with van der Waals surface area (Å²) < 4.78 is 0. The van der Waals surface area contributed by atoms with Crippen molar-refractivity contribution < 1.29 is 4.79 Å². The summed E-state index contributed by atoms with van der Waals surface area (Å²) in [6.07, 6.45) is 0.172. The number of hydrogen-bond donors (Lipinski definition) is 3. The van der Waals surface area contributed by atoms with Crippen molar-refractivity contribution in [3.05, 3.63) is 24.3 Å². The number of carbonyl (C=O) groups is 1. The fraction of sp³-hybridized carbons (Fsp3) is 0.308. The molecule has 0 aliphatic carbocycles. The van der Waals surface area contributed by atoms with Crippen LogP contribution >= 0.6 is 12.2 Å². The Morgan fingerprint density at radius 2 is 1.95 bits per heavy atom. The van der Waals surface area contributed by atoms with Gasteiger partial charge in [-0.2, -0.15) is 5.10 Å². The molecule has 0 fully saturated rings. The molecule has 0 radical (unpaired) electrons. The minimum Gasteiger partial charge on any atom is -0.378 e. The van der Waals surface area contributed by atoms with Gasteiger partial charge in [0.1, 0.15) is 0 Å². The van der Waals surface area contributed by atoms with Gasteiger partial charge >= 0.3 is 0 Å². The molecule has 6 nitrogen and oxygen atoms in total. The van der Waals surface area contributed by atoms with E-state index in [0.29, 0.717) is 5.71 Å². The molecule has 1 aromatic carbocycles. The number of thiocarbonyl (C=S) groups is 1. The van der Waals surface area contributed by atoms with E-state index in [0.717, 1.165) is 11.4 Å². The number of rotatable bonds is 5. The average Bonchev–Trinajstić information content (AvgIpc) is 2.36. The molecule has 0 spiro atoms. The molecule has 4 N–H and O–H groups in total. The third kappa shape index (κ3) is 5.66. The summed E-state index contributed by atoms with van der Waals surface area (Å²) in [5.74, 6) is -0.145. The van der Waals surface area contributed by atoms with Crippen molar-refractivity contribution in [1.82, 2.24) is 5.43 Å². The Morgan fingerprint density at radius 3 is 2.45 bits per heavy atom. The Labute approximate surface area is 124 Å². The van der Waals surface area contributed by atoms with Crippen LogP contribution in [0.25, 0.3) is 0 Å². The highest BCUT2D eigenvalue weighted by atomic mass is 32.1. The van der Waals surface area contributed by atoms with Gasteiger partial charge in [0.05, 0.1) is 6.42 Å². The van der Waals surface area contributed by atoms with Crippen LogP contribution in [0, 0.1) is 0 Å². The Hall–Kier alpha value is -2.15. The van der Waals surface area contributed by atoms with E-state index >= 15 is 0 Å². The molecule has 20 heavy (non-hydrogen) atoms. The first-order valence-corrected chi connectivity index (χ1v) is 6.45. The highest BCUT2D eigenvalue weighted by Crippen LogP contribution is 2.15. The molecule has 0 saturated heterocycles. The second-order valence-corrected chi connectivity index (χ2v) is 4.93. The number of carbonyl (C=O) groups excluding carboxylic acids is 1. The molecule has 0 aromatic heterocycles. The molecule has 0 heterocycles. The largest absolute Gasteiger partial charge is 0.378 e. The summed E-state index contributed by atoms with van der Waals surface area (Å²) >= 11 is 4.62. The molecular weight excluding hydrogens is 274 g/mol. The van der Waals surface area contributed by atoms with Crippen LogP contribution in [0.3, 0.4) is 0 Å². The summed E-state index contributed by atoms with van der Waals surface area (Å²) in [4.78, 5) is 13.8. The van der Waals surface area contributed by atoms with Crippen LogP contribution in [-0.4, -0.2) is 30.8 Å². The van der Waals surface area contributed by atoms with Gasteiger partial charge in [0.15, 0.2) is 5.11 Å². The first-order valence-electron chi connectivity index (χ1n) is 6.04. The van der Waals surface area contributed by atoms with Crippen molar-refractivity contribution in [2.45, 2.75) is 13.3 Å². The van der Waals surface area contributed by atoms with Crippen molar-refractivity contribution in [1.29, 1.82) is 0 Å². The van der Waals surface area contributed by atoms with Crippen LogP contribution in [-0.2, 0) is 4.79 Å². The van der Waals surface area contributed by atoms with E-state index in [9.17, 15) is 4.79 Å². The highest BCUT2D eigenvalue weighted by Gasteiger charge is 2.05. The molecule has 1 aromatic rings. The fourth-order valence-corrected chi connectivity index (χ4v) is 1.52. The maximum absolute atomic E-state index is 11.8. The summed E-state index contributed by atoms with van der Waals surface area (Å²) in [6.45, 7) is 1.72. The lowest BCUT2D eigenvalue weighted by molar-refractivity contribution is -0.115. The Morgan fingerprint density at radius 1 is 1.35 bits per heavy atom. The van der Waals surface area contributed by atoms with E-state index in [4.69, 9.17) is 5.73 Å². The first-order chi connectivity index (χ1) is 9.38. The molecule has 0 atom stereocenters. The van der Waals surface area contributed by atoms with Crippen LogP contribution in [0.5, 0.6) is 0 Å². The Balaban J connectivity index is 2.54. The molecule has 1 rings (SSSR count). The van der Waals surface area contributed by atoms with Gasteiger partial charge in [-0.05, 0) is 43.4 Å². The van der Waals surface area contributed by atoms with Gasteiger partial charge in [-0.15, -0.1) is 0 Å². The Bertz CT molecular complexity index is 510. The van der Waals surface area contributed by atoms with Gasteiger partial charge in [0.2, 0.25) is 5.91 Å². The number of nitrogens with one attached hydrogen (secondary N) is 2. The van der Waals surface area contributed by atoms with E-state index < -0.39 is 0 Å². The van der Waals surface area contributed by atoms with Crippen LogP contribution in [0.4, 0.5) is 11.4 Å². The second-order valence-electron chi connectivity index (χ2n) is 4.49. The maximum atomic E-state index is 11.8. The van der Waals surface area contributed by atoms with Crippen LogP contribution in [0.2, 0.25) is 0 Å². The number of anilines is 2. The predicted molar refractivity (Wildman–Crippen MR) is 87.0 cm³/mol. The van der Waals surface area contributed by atoms with E-state index in [-0.39, 0.29) is 17.4 Å². The maximum Gasteiger partial charge on any atom is 0.230 e. The lowest BCUT2D eigenvalue weighted by atomic mass is 10.2. The molecule has 0 saturated carbocycles. The van der Waals surface area contributed by atoms with E-state index in [1.54, 1.807) is 6.92 Å². The van der Waals surface area contributed by atoms with Gasteiger partial charge in [-0.25, -0.2) is 0 Å². The third-order valence-electron chi connectivity index (χ3n) is 2.44. The minimum absolute atomic E-state index is 0.0732. The number of benzene rings is 1. The molecule has 0 aliphatic heterocycles. The highest BCUT2D eigenvalue weighted by molar-refractivity contribution is 7.80. The molecule has 1 amide bonds. The van der Waals surface area contributed by atoms with Crippen molar-refractivity contribution >= 4 is 40.3 Å². The number of nitrogens with two attached hydrogens (primary N) is 1. The molecular formula is C13H19N5OS. The van der Waals surface area contributed by atoms with Gasteiger partial charge in [0, 0.05) is 31.2 Å². The predicted octanol–water partition coefficient (Wildman–Crippen LogP) is 1.29. The van der Waals surface area contributed by atoms with Crippen LogP contribution in [0.15, 0.2) is 29.4 Å². The van der Waals surface area contributed by atoms with E-state index in [1.165, 1.54) is 0 Å². The lowest BCUT2D eigenvalue weighted by Crippen LogP contribution is -2.26. The standard InChI is InChI=1S/C13H19N5OS/c1-9(16-17-13(14)20)8-12(19)15-10-4-6-11(7-5-10)18(2)3/h4-7H,8H2,1-3H3,(H,15,19)(H3,14,17,20). The zero-order valence-corrected chi connectivity index (χ0v) is 12.6. The topological polar surface area (TPSA) is 82.8 Å². The number of nitrogens with zero attached hydrogens (tertiary/aromatic N) is 2. The van der Waals surface area contributed by atoms with E-state index in [2.05, 4.69) is 28.1 Å². The molecule has 0 unspecified atom stereocenters. The lowest BCUT2D eigenvalue weighted by Gasteiger charge is -2.13. The summed E-state index contributed by atoms with van der Waals surface area (Å²) in [5.41, 5.74) is 10.1. The van der Waals surface area contributed by atoms with Crippen LogP contribution in [0.1, 0.15) is 13.3 Å². The van der Waals surface area contributed by atoms with Crippen molar-refractivity contribution in [2.75, 3.05) is 24.3 Å². The minimum atomic E-state index is -0.145. The summed E-state index contributed by atoms with van der Waals surface area (Å²) in [5, 5.41) is 6.75. The molecule has 108 valence electrons. The second kappa shape index (κ2) is 7.44. The monoisotopic (exact) mass is 293 g/mol. The fourth-order valence-electron chi connectivity index (χ4n) is 1.47. The normalized spacial score (nSPS) is 10.8. The average molecular weight is 293 g/mol. The number of hydrazone groups is 1. The van der Waals surface area contributed by atoms with Crippen molar-refractivity contribution in [2.24, 2.45) is 10.8 Å². The smallest absolute Gasteiger partial charge is 0.230 e. The zero-order chi connectivity index (χ0) is 15.1. The van der Waals surface area contributed by atoms with Gasteiger partial charge < -0.3 is 16.0 Å². The van der Waals surface area contributed by atoms with Gasteiger partial charge in [0.25, 0.3) is 0 Å². The Kier molecular flexibility index (Phi) is 5.92. The molecule has 0 bridgehead atoms. The number of amides is 1. The van der Waals surface area contributed by atoms with Gasteiger partial charge in [-0.1, -0.05) is 0 Å². The SMILES string of the molecule is CC(CC(=O)Nc1ccc(N(C)C)cc1)=NNC(N)=S. The first kappa shape index (κ1) is 15.9. The quantitative estimate of drug-likeness (QED) is 0.433. The van der Waals surface area contributed by atoms with Crippen LogP contribution < -0.4 is 21.4 Å². The zero-order valence-electron chi connectivity index (χ0n) is 11.8.